The lowest BCUT2D eigenvalue weighted by Gasteiger charge is -2.03. The van der Waals surface area contributed by atoms with E-state index in [4.69, 9.17) is 10.9 Å². The van der Waals surface area contributed by atoms with E-state index in [1.807, 2.05) is 0 Å². The third-order valence-electron chi connectivity index (χ3n) is 1.95. The Bertz CT molecular complexity index is 472. The summed E-state index contributed by atoms with van der Waals surface area (Å²) in [5.74, 6) is 6.41. The molecule has 8 heteroatoms. The zero-order chi connectivity index (χ0) is 11.4. The van der Waals surface area contributed by atoms with E-state index in [9.17, 15) is 0 Å². The Balaban J connectivity index is 2.29. The average Bonchev–Trinajstić information content (AvgIpc) is 2.77. The summed E-state index contributed by atoms with van der Waals surface area (Å²) in [6, 6.07) is 0. The first-order chi connectivity index (χ1) is 7.85. The van der Waals surface area contributed by atoms with Crippen LogP contribution in [0.1, 0.15) is 6.42 Å². The monoisotopic (exact) mass is 240 g/mol. The van der Waals surface area contributed by atoms with E-state index < -0.39 is 0 Å². The molecule has 5 N–H and O–H groups in total. The number of thioether (sulfide) groups is 1. The number of rotatable bonds is 5. The number of hydrogen-bond acceptors (Lipinski definition) is 7. The van der Waals surface area contributed by atoms with Gasteiger partial charge in [0.1, 0.15) is 5.03 Å². The van der Waals surface area contributed by atoms with Gasteiger partial charge in [-0.1, -0.05) is 0 Å². The molecular formula is C8H12N6OS. The van der Waals surface area contributed by atoms with Crippen LogP contribution in [0, 0.1) is 0 Å². The number of aliphatic hydroxyl groups excluding tert-OH is 1. The van der Waals surface area contributed by atoms with Gasteiger partial charge in [0, 0.05) is 12.4 Å². The van der Waals surface area contributed by atoms with E-state index >= 15 is 0 Å². The number of aliphatic hydroxyl groups is 1. The molecule has 0 saturated carbocycles. The van der Waals surface area contributed by atoms with Crippen LogP contribution in [0.4, 0.5) is 5.95 Å². The molecule has 0 fully saturated rings. The van der Waals surface area contributed by atoms with Crippen LogP contribution < -0.4 is 11.3 Å². The quantitative estimate of drug-likeness (QED) is 0.193. The minimum Gasteiger partial charge on any atom is -0.396 e. The maximum absolute atomic E-state index is 8.72. The molecule has 2 aromatic rings. The van der Waals surface area contributed by atoms with Gasteiger partial charge in [-0.2, -0.15) is 10.1 Å². The molecule has 0 aliphatic heterocycles. The number of hydrazine groups is 1. The highest BCUT2D eigenvalue weighted by Crippen LogP contribution is 2.25. The first-order valence-corrected chi connectivity index (χ1v) is 5.75. The van der Waals surface area contributed by atoms with Crippen molar-refractivity contribution in [3.8, 4) is 0 Å². The molecule has 0 radical (unpaired) electrons. The topological polar surface area (TPSA) is 113 Å². The van der Waals surface area contributed by atoms with E-state index in [0.717, 1.165) is 22.6 Å². The molecule has 0 bridgehead atoms. The van der Waals surface area contributed by atoms with Crippen LogP contribution in [0.5, 0.6) is 0 Å². The standard InChI is InChI=1S/C8H12N6OS/c9-13-8-11-6-5(4-10-14-6)7(12-8)16-3-1-2-15/h4,15H,1-3,9H2,(H2,10,11,12,13,14). The molecule has 0 aliphatic rings. The summed E-state index contributed by atoms with van der Waals surface area (Å²) in [6.45, 7) is 0.175. The number of nitrogens with one attached hydrogen (secondary N) is 2. The number of aromatic nitrogens is 4. The highest BCUT2D eigenvalue weighted by atomic mass is 32.2. The minimum atomic E-state index is 0.175. The van der Waals surface area contributed by atoms with Gasteiger partial charge >= 0.3 is 0 Å². The third-order valence-corrected chi connectivity index (χ3v) is 3.02. The fourth-order valence-electron chi connectivity index (χ4n) is 1.22. The van der Waals surface area contributed by atoms with Crippen molar-refractivity contribution in [2.45, 2.75) is 11.4 Å². The average molecular weight is 240 g/mol. The zero-order valence-electron chi connectivity index (χ0n) is 8.47. The molecule has 0 aliphatic carbocycles. The van der Waals surface area contributed by atoms with Gasteiger partial charge in [-0.15, -0.1) is 11.8 Å². The molecular weight excluding hydrogens is 228 g/mol. The highest BCUT2D eigenvalue weighted by Gasteiger charge is 2.08. The normalized spacial score (nSPS) is 10.9. The molecule has 0 spiro atoms. The second-order valence-electron chi connectivity index (χ2n) is 3.05. The highest BCUT2D eigenvalue weighted by molar-refractivity contribution is 7.99. The van der Waals surface area contributed by atoms with E-state index in [1.165, 1.54) is 0 Å². The smallest absolute Gasteiger partial charge is 0.240 e. The molecule has 2 aromatic heterocycles. The van der Waals surface area contributed by atoms with E-state index in [-0.39, 0.29) is 6.61 Å². The van der Waals surface area contributed by atoms with Crippen molar-refractivity contribution in [3.05, 3.63) is 6.20 Å². The van der Waals surface area contributed by atoms with Gasteiger partial charge in [0.05, 0.1) is 11.6 Å². The van der Waals surface area contributed by atoms with Crippen molar-refractivity contribution >= 4 is 28.7 Å². The molecule has 2 rings (SSSR count). The lowest BCUT2D eigenvalue weighted by molar-refractivity contribution is 0.296. The molecule has 0 amide bonds. The van der Waals surface area contributed by atoms with Gasteiger partial charge in [0.15, 0.2) is 5.65 Å². The van der Waals surface area contributed by atoms with Crippen LogP contribution in [-0.2, 0) is 0 Å². The maximum Gasteiger partial charge on any atom is 0.240 e. The van der Waals surface area contributed by atoms with Gasteiger partial charge < -0.3 is 5.11 Å². The molecule has 0 unspecified atom stereocenters. The van der Waals surface area contributed by atoms with Crippen molar-refractivity contribution < 1.29 is 5.11 Å². The summed E-state index contributed by atoms with van der Waals surface area (Å²) in [4.78, 5) is 8.35. The second-order valence-corrected chi connectivity index (χ2v) is 4.14. The van der Waals surface area contributed by atoms with Gasteiger partial charge in [-0.25, -0.2) is 10.8 Å². The summed E-state index contributed by atoms with van der Waals surface area (Å²) in [6.07, 6.45) is 2.40. The lowest BCUT2D eigenvalue weighted by atomic mass is 10.4. The van der Waals surface area contributed by atoms with Gasteiger partial charge in [-0.05, 0) is 6.42 Å². The first kappa shape index (κ1) is 11.1. The van der Waals surface area contributed by atoms with Gasteiger partial charge in [0.2, 0.25) is 5.95 Å². The van der Waals surface area contributed by atoms with E-state index in [0.29, 0.717) is 11.6 Å². The summed E-state index contributed by atoms with van der Waals surface area (Å²) in [7, 11) is 0. The molecule has 0 saturated heterocycles. The van der Waals surface area contributed by atoms with Crippen LogP contribution in [-0.4, -0.2) is 37.6 Å². The third kappa shape index (κ3) is 2.23. The number of nitrogen functional groups attached to an aromatic ring is 1. The fraction of sp³-hybridized carbons (Fsp3) is 0.375. The van der Waals surface area contributed by atoms with Crippen LogP contribution in [0.2, 0.25) is 0 Å². The Morgan fingerprint density at radius 2 is 2.38 bits per heavy atom. The molecule has 2 heterocycles. The number of nitrogens with zero attached hydrogens (tertiary/aromatic N) is 3. The van der Waals surface area contributed by atoms with E-state index in [1.54, 1.807) is 18.0 Å². The molecule has 86 valence electrons. The summed E-state index contributed by atoms with van der Waals surface area (Å²) >= 11 is 1.54. The molecule has 0 atom stereocenters. The van der Waals surface area contributed by atoms with Crippen LogP contribution >= 0.6 is 11.8 Å². The summed E-state index contributed by atoms with van der Waals surface area (Å²) < 4.78 is 0. The Labute approximate surface area is 95.8 Å². The van der Waals surface area contributed by atoms with Crippen molar-refractivity contribution in [2.75, 3.05) is 17.8 Å². The minimum absolute atomic E-state index is 0.175. The Morgan fingerprint density at radius 1 is 1.50 bits per heavy atom. The second kappa shape index (κ2) is 5.10. The van der Waals surface area contributed by atoms with Crippen molar-refractivity contribution in [1.29, 1.82) is 0 Å². The first-order valence-electron chi connectivity index (χ1n) is 4.76. The van der Waals surface area contributed by atoms with Crippen molar-refractivity contribution in [2.24, 2.45) is 5.84 Å². The SMILES string of the molecule is NNc1nc(SCCCO)c2cn[nH]c2n1. The fourth-order valence-corrected chi connectivity index (χ4v) is 2.14. The Morgan fingerprint density at radius 3 is 3.12 bits per heavy atom. The lowest BCUT2D eigenvalue weighted by Crippen LogP contribution is -2.10. The molecule has 7 nitrogen and oxygen atoms in total. The molecule has 16 heavy (non-hydrogen) atoms. The van der Waals surface area contributed by atoms with E-state index in [2.05, 4.69) is 25.6 Å². The number of anilines is 1. The van der Waals surface area contributed by atoms with Crippen LogP contribution in [0.25, 0.3) is 11.0 Å². The Hall–Kier alpha value is -1.38. The van der Waals surface area contributed by atoms with Crippen molar-refractivity contribution in [3.63, 3.8) is 0 Å². The maximum atomic E-state index is 8.72. The number of H-pyrrole nitrogens is 1. The van der Waals surface area contributed by atoms with Crippen LogP contribution in [0.15, 0.2) is 11.2 Å². The zero-order valence-corrected chi connectivity index (χ0v) is 9.29. The largest absolute Gasteiger partial charge is 0.396 e. The van der Waals surface area contributed by atoms with Crippen molar-refractivity contribution in [1.82, 2.24) is 20.2 Å². The number of fused-ring (bicyclic) bond motifs is 1. The number of hydrogen-bond donors (Lipinski definition) is 4. The predicted molar refractivity (Wildman–Crippen MR) is 61.9 cm³/mol. The summed E-state index contributed by atoms with van der Waals surface area (Å²) in [5, 5.41) is 17.1. The van der Waals surface area contributed by atoms with Gasteiger partial charge in [-0.3, -0.25) is 10.5 Å². The van der Waals surface area contributed by atoms with Crippen LogP contribution in [0.3, 0.4) is 0 Å². The summed E-state index contributed by atoms with van der Waals surface area (Å²) in [5.41, 5.74) is 3.05. The number of nitrogens with two attached hydrogens (primary N) is 1. The van der Waals surface area contributed by atoms with Gasteiger partial charge in [0.25, 0.3) is 0 Å². The number of aromatic amines is 1. The molecule has 0 aromatic carbocycles. The predicted octanol–water partition coefficient (Wildman–Crippen LogP) is 0.113. The Kier molecular flexibility index (Phi) is 3.54.